The molecule has 6 heteroatoms. The van der Waals surface area contributed by atoms with Gasteiger partial charge in [-0.2, -0.15) is 4.31 Å². The highest BCUT2D eigenvalue weighted by molar-refractivity contribution is 7.89. The van der Waals surface area contributed by atoms with E-state index in [0.29, 0.717) is 17.2 Å². The van der Waals surface area contributed by atoms with Crippen molar-refractivity contribution in [1.29, 1.82) is 0 Å². The highest BCUT2D eigenvalue weighted by atomic mass is 32.2. The first-order chi connectivity index (χ1) is 11.5. The van der Waals surface area contributed by atoms with E-state index in [1.54, 1.807) is 29.0 Å². The van der Waals surface area contributed by atoms with Crippen LogP contribution in [0.4, 0.5) is 0 Å². The Hall–Kier alpha value is -1.79. The summed E-state index contributed by atoms with van der Waals surface area (Å²) in [5.74, 6) is 0.386. The molecule has 0 N–H and O–H groups in total. The van der Waals surface area contributed by atoms with Crippen molar-refractivity contribution in [2.75, 3.05) is 0 Å². The van der Waals surface area contributed by atoms with Crippen LogP contribution < -0.4 is 0 Å². The highest BCUT2D eigenvalue weighted by Gasteiger charge is 2.47. The number of hydrogen-bond donors (Lipinski definition) is 0. The van der Waals surface area contributed by atoms with Crippen molar-refractivity contribution in [3.63, 3.8) is 0 Å². The summed E-state index contributed by atoms with van der Waals surface area (Å²) in [5, 5.41) is 0. The number of nitrogens with zero attached hydrogens (tertiary/aromatic N) is 3. The SMILES string of the molecule is CC(C)c1ccc(S(=O)(=O)N2C3CCC2c2cncnc2C3)cc1. The summed E-state index contributed by atoms with van der Waals surface area (Å²) in [6, 6.07) is 7.19. The molecule has 2 aliphatic rings. The molecular formula is C18H21N3O2S. The second kappa shape index (κ2) is 5.63. The molecule has 0 saturated carbocycles. The summed E-state index contributed by atoms with van der Waals surface area (Å²) in [6.07, 6.45) is 5.72. The predicted octanol–water partition coefficient (Wildman–Crippen LogP) is 3.05. The minimum atomic E-state index is -3.51. The molecule has 3 heterocycles. The zero-order valence-corrected chi connectivity index (χ0v) is 14.7. The minimum absolute atomic E-state index is 0.00664. The molecule has 2 atom stereocenters. The molecule has 1 fully saturated rings. The topological polar surface area (TPSA) is 63.2 Å². The first kappa shape index (κ1) is 15.7. The summed E-state index contributed by atoms with van der Waals surface area (Å²) >= 11 is 0. The van der Waals surface area contributed by atoms with Gasteiger partial charge in [0.1, 0.15) is 6.33 Å². The van der Waals surface area contributed by atoms with Gasteiger partial charge in [-0.15, -0.1) is 0 Å². The van der Waals surface area contributed by atoms with E-state index >= 15 is 0 Å². The van der Waals surface area contributed by atoms with Crippen molar-refractivity contribution in [2.45, 2.75) is 56.0 Å². The monoisotopic (exact) mass is 343 g/mol. The second-order valence-electron chi connectivity index (χ2n) is 6.93. The third-order valence-corrected chi connectivity index (χ3v) is 7.15. The van der Waals surface area contributed by atoms with E-state index < -0.39 is 10.0 Å². The number of aromatic nitrogens is 2. The molecular weight excluding hydrogens is 322 g/mol. The smallest absolute Gasteiger partial charge is 0.243 e. The van der Waals surface area contributed by atoms with Crippen LogP contribution in [0, 0.1) is 0 Å². The van der Waals surface area contributed by atoms with Gasteiger partial charge in [-0.05, 0) is 36.5 Å². The lowest BCUT2D eigenvalue weighted by Crippen LogP contribution is -2.42. The largest absolute Gasteiger partial charge is 0.244 e. The molecule has 1 aromatic carbocycles. The molecule has 2 aliphatic heterocycles. The fraction of sp³-hybridized carbons (Fsp3) is 0.444. The Kier molecular flexibility index (Phi) is 3.69. The average molecular weight is 343 g/mol. The number of fused-ring (bicyclic) bond motifs is 4. The molecule has 0 radical (unpaired) electrons. The van der Waals surface area contributed by atoms with E-state index in [2.05, 4.69) is 23.8 Å². The van der Waals surface area contributed by atoms with Crippen LogP contribution in [-0.4, -0.2) is 28.7 Å². The standard InChI is InChI=1S/C18H21N3O2S/c1-12(2)13-3-6-15(7-4-13)24(22,23)21-14-5-8-18(21)16-10-19-11-20-17(16)9-14/h3-4,6-7,10-12,14,18H,5,8-9H2,1-2H3. The fourth-order valence-corrected chi connectivity index (χ4v) is 5.74. The van der Waals surface area contributed by atoms with Crippen LogP contribution >= 0.6 is 0 Å². The van der Waals surface area contributed by atoms with E-state index in [1.807, 2.05) is 12.1 Å². The van der Waals surface area contributed by atoms with Gasteiger partial charge in [-0.25, -0.2) is 18.4 Å². The molecule has 2 bridgehead atoms. The van der Waals surface area contributed by atoms with Gasteiger partial charge in [0.2, 0.25) is 10.0 Å². The maximum Gasteiger partial charge on any atom is 0.243 e. The Bertz CT molecular complexity index is 862. The number of rotatable bonds is 3. The zero-order chi connectivity index (χ0) is 16.9. The van der Waals surface area contributed by atoms with Crippen molar-refractivity contribution >= 4 is 10.0 Å². The number of sulfonamides is 1. The second-order valence-corrected chi connectivity index (χ2v) is 8.78. The lowest BCUT2D eigenvalue weighted by Gasteiger charge is -2.34. The number of hydrogen-bond acceptors (Lipinski definition) is 4. The predicted molar refractivity (Wildman–Crippen MR) is 91.1 cm³/mol. The zero-order valence-electron chi connectivity index (χ0n) is 13.9. The third-order valence-electron chi connectivity index (χ3n) is 5.18. The Labute approximate surface area is 142 Å². The van der Waals surface area contributed by atoms with E-state index in [0.717, 1.165) is 29.7 Å². The maximum atomic E-state index is 13.2. The lowest BCUT2D eigenvalue weighted by molar-refractivity contribution is 0.300. The molecule has 4 rings (SSSR count). The fourth-order valence-electron chi connectivity index (χ4n) is 3.89. The molecule has 0 aliphatic carbocycles. The van der Waals surface area contributed by atoms with Crippen LogP contribution in [0.3, 0.4) is 0 Å². The van der Waals surface area contributed by atoms with Gasteiger partial charge >= 0.3 is 0 Å². The summed E-state index contributed by atoms with van der Waals surface area (Å²) in [6.45, 7) is 4.20. The van der Waals surface area contributed by atoms with Gasteiger partial charge in [0.05, 0.1) is 16.6 Å². The summed E-state index contributed by atoms with van der Waals surface area (Å²) in [7, 11) is -3.51. The summed E-state index contributed by atoms with van der Waals surface area (Å²) in [4.78, 5) is 8.83. The van der Waals surface area contributed by atoms with E-state index in [4.69, 9.17) is 0 Å². The van der Waals surface area contributed by atoms with E-state index in [9.17, 15) is 8.42 Å². The molecule has 24 heavy (non-hydrogen) atoms. The van der Waals surface area contributed by atoms with Gasteiger partial charge < -0.3 is 0 Å². The average Bonchev–Trinajstić information content (AvgIpc) is 2.91. The number of benzene rings is 1. The Morgan fingerprint density at radius 3 is 2.62 bits per heavy atom. The van der Waals surface area contributed by atoms with Gasteiger partial charge in [-0.3, -0.25) is 0 Å². The molecule has 0 spiro atoms. The van der Waals surface area contributed by atoms with Crippen molar-refractivity contribution < 1.29 is 8.42 Å². The summed E-state index contributed by atoms with van der Waals surface area (Å²) < 4.78 is 28.1. The quantitative estimate of drug-likeness (QED) is 0.859. The van der Waals surface area contributed by atoms with E-state index in [-0.39, 0.29) is 12.1 Å². The van der Waals surface area contributed by atoms with Crippen LogP contribution in [0.5, 0.6) is 0 Å². The first-order valence-electron chi connectivity index (χ1n) is 8.41. The highest BCUT2D eigenvalue weighted by Crippen LogP contribution is 2.45. The molecule has 5 nitrogen and oxygen atoms in total. The van der Waals surface area contributed by atoms with Crippen molar-refractivity contribution in [3.8, 4) is 0 Å². The lowest BCUT2D eigenvalue weighted by atomic mass is 10.0. The third kappa shape index (κ3) is 2.36. The molecule has 126 valence electrons. The van der Waals surface area contributed by atoms with Crippen LogP contribution in [0.15, 0.2) is 41.7 Å². The van der Waals surface area contributed by atoms with Gasteiger partial charge in [0, 0.05) is 24.2 Å². The molecule has 1 saturated heterocycles. The first-order valence-corrected chi connectivity index (χ1v) is 9.85. The van der Waals surface area contributed by atoms with Crippen LogP contribution in [-0.2, 0) is 16.4 Å². The molecule has 2 aromatic rings. The van der Waals surface area contributed by atoms with Crippen LogP contribution in [0.25, 0.3) is 0 Å². The Morgan fingerprint density at radius 1 is 1.17 bits per heavy atom. The van der Waals surface area contributed by atoms with Gasteiger partial charge in [-0.1, -0.05) is 26.0 Å². The molecule has 0 amide bonds. The normalized spacial score (nSPS) is 23.5. The Balaban J connectivity index is 1.73. The minimum Gasteiger partial charge on any atom is -0.244 e. The summed E-state index contributed by atoms with van der Waals surface area (Å²) in [5.41, 5.74) is 3.11. The van der Waals surface area contributed by atoms with Crippen molar-refractivity contribution in [1.82, 2.24) is 14.3 Å². The van der Waals surface area contributed by atoms with E-state index in [1.165, 1.54) is 0 Å². The van der Waals surface area contributed by atoms with Gasteiger partial charge in [0.15, 0.2) is 0 Å². The van der Waals surface area contributed by atoms with Crippen LogP contribution in [0.1, 0.15) is 55.5 Å². The maximum absolute atomic E-state index is 13.2. The van der Waals surface area contributed by atoms with Crippen molar-refractivity contribution in [2.24, 2.45) is 0 Å². The Morgan fingerprint density at radius 2 is 1.92 bits per heavy atom. The van der Waals surface area contributed by atoms with Gasteiger partial charge in [0.25, 0.3) is 0 Å². The molecule has 2 unspecified atom stereocenters. The molecule has 1 aromatic heterocycles. The van der Waals surface area contributed by atoms with Crippen LogP contribution in [0.2, 0.25) is 0 Å². The van der Waals surface area contributed by atoms with Crippen molar-refractivity contribution in [3.05, 3.63) is 53.6 Å².